The largest absolute Gasteiger partial charge is 0.377 e. The first-order chi connectivity index (χ1) is 20.1. The number of hydrogen-bond acceptors (Lipinski definition) is 8. The van der Waals surface area contributed by atoms with E-state index in [2.05, 4.69) is 19.9 Å². The van der Waals surface area contributed by atoms with Gasteiger partial charge in [0.2, 0.25) is 5.95 Å². The number of aryl methyl sites for hydroxylation is 2. The minimum atomic E-state index is -0.359. The molecular formula is C30H34ClN7O3S. The number of benzene rings is 1. The number of halogens is 1. The number of nitrogens with zero attached hydrogens (tertiary/aromatic N) is 5. The van der Waals surface area contributed by atoms with Gasteiger partial charge in [-0.3, -0.25) is 23.7 Å². The predicted molar refractivity (Wildman–Crippen MR) is 170 cm³/mol. The molecule has 220 valence electrons. The van der Waals surface area contributed by atoms with Crippen LogP contribution in [0.3, 0.4) is 0 Å². The summed E-state index contributed by atoms with van der Waals surface area (Å²) in [6, 6.07) is 10.7. The number of aromatic nitrogens is 4. The van der Waals surface area contributed by atoms with Crippen molar-refractivity contribution in [2.75, 3.05) is 29.6 Å². The van der Waals surface area contributed by atoms with E-state index < -0.39 is 0 Å². The molecule has 10 nitrogen and oxygen atoms in total. The smallest absolute Gasteiger partial charge is 0.281 e. The van der Waals surface area contributed by atoms with Crippen molar-refractivity contribution in [2.45, 2.75) is 38.6 Å². The van der Waals surface area contributed by atoms with Crippen molar-refractivity contribution in [3.8, 4) is 0 Å². The van der Waals surface area contributed by atoms with Crippen LogP contribution in [0.4, 0.5) is 11.6 Å². The summed E-state index contributed by atoms with van der Waals surface area (Å²) < 4.78 is 5.89. The molecule has 1 fully saturated rings. The molecule has 4 aromatic rings. The molecule has 1 aliphatic rings. The third-order valence-electron chi connectivity index (χ3n) is 7.82. The Hall–Kier alpha value is -3.83. The van der Waals surface area contributed by atoms with Crippen LogP contribution >= 0.6 is 23.5 Å². The second-order valence-electron chi connectivity index (χ2n) is 10.7. The lowest BCUT2D eigenvalue weighted by atomic mass is 9.90. The Morgan fingerprint density at radius 1 is 1.10 bits per heavy atom. The number of fused-ring (bicyclic) bond motifs is 1. The van der Waals surface area contributed by atoms with Gasteiger partial charge in [-0.2, -0.15) is 0 Å². The van der Waals surface area contributed by atoms with Crippen molar-refractivity contribution in [1.82, 2.24) is 23.8 Å². The highest BCUT2D eigenvalue weighted by molar-refractivity contribution is 7.97. The number of piperidine rings is 1. The van der Waals surface area contributed by atoms with Crippen molar-refractivity contribution in [2.24, 2.45) is 14.1 Å². The summed E-state index contributed by atoms with van der Waals surface area (Å²) in [6.45, 7) is 5.34. The zero-order chi connectivity index (χ0) is 30.1. The van der Waals surface area contributed by atoms with Crippen LogP contribution in [0.15, 0.2) is 52.2 Å². The van der Waals surface area contributed by atoms with Crippen molar-refractivity contribution in [1.29, 1.82) is 0 Å². The SMILES string of the molecule is CSNC(=O)c1nc(Cl)ccc1NC(C)c1cc(C)cc2c(=O)n(C)c(N3CCC(c4ccn(C)c(=O)c4)CC3)nc12. The molecule has 1 saturated heterocycles. The van der Waals surface area contributed by atoms with E-state index in [4.69, 9.17) is 16.6 Å². The fraction of sp³-hybridized carbons (Fsp3) is 0.367. The average Bonchev–Trinajstić information content (AvgIpc) is 2.97. The quantitative estimate of drug-likeness (QED) is 0.232. The normalized spacial score (nSPS) is 14.7. The predicted octanol–water partition coefficient (Wildman–Crippen LogP) is 4.55. The summed E-state index contributed by atoms with van der Waals surface area (Å²) in [5.74, 6) is 0.531. The number of carbonyl (C=O) groups excluding carboxylic acids is 1. The molecule has 0 spiro atoms. The zero-order valence-corrected chi connectivity index (χ0v) is 25.8. The Labute approximate surface area is 253 Å². The van der Waals surface area contributed by atoms with Gasteiger partial charge in [0.05, 0.1) is 22.6 Å². The van der Waals surface area contributed by atoms with E-state index >= 15 is 0 Å². The molecule has 2 N–H and O–H groups in total. The molecule has 0 bridgehead atoms. The number of rotatable bonds is 7. The van der Waals surface area contributed by atoms with E-state index in [0.29, 0.717) is 35.6 Å². The Kier molecular flexibility index (Phi) is 8.60. The molecule has 3 aromatic heterocycles. The van der Waals surface area contributed by atoms with Gasteiger partial charge in [0.15, 0.2) is 5.69 Å². The lowest BCUT2D eigenvalue weighted by Crippen LogP contribution is -2.38. The maximum Gasteiger partial charge on any atom is 0.281 e. The van der Waals surface area contributed by atoms with Gasteiger partial charge < -0.3 is 14.8 Å². The Balaban J connectivity index is 1.48. The van der Waals surface area contributed by atoms with Gasteiger partial charge in [-0.15, -0.1) is 0 Å². The molecule has 5 rings (SSSR count). The summed E-state index contributed by atoms with van der Waals surface area (Å²) in [5.41, 5.74) is 4.02. The second kappa shape index (κ2) is 12.2. The van der Waals surface area contributed by atoms with E-state index in [0.717, 1.165) is 29.5 Å². The molecule has 12 heteroatoms. The van der Waals surface area contributed by atoms with Crippen LogP contribution in [-0.2, 0) is 14.1 Å². The maximum atomic E-state index is 13.6. The highest BCUT2D eigenvalue weighted by atomic mass is 35.5. The molecule has 42 heavy (non-hydrogen) atoms. The highest BCUT2D eigenvalue weighted by Gasteiger charge is 2.26. The molecule has 0 saturated carbocycles. The van der Waals surface area contributed by atoms with Gasteiger partial charge in [-0.25, -0.2) is 9.97 Å². The van der Waals surface area contributed by atoms with Gasteiger partial charge in [-0.1, -0.05) is 29.6 Å². The highest BCUT2D eigenvalue weighted by Crippen LogP contribution is 2.32. The monoisotopic (exact) mass is 607 g/mol. The molecular weight excluding hydrogens is 574 g/mol. The van der Waals surface area contributed by atoms with Crippen molar-refractivity contribution in [3.05, 3.63) is 90.8 Å². The maximum absolute atomic E-state index is 13.6. The van der Waals surface area contributed by atoms with Crippen LogP contribution in [0.2, 0.25) is 5.15 Å². The second-order valence-corrected chi connectivity index (χ2v) is 11.7. The number of carbonyl (C=O) groups is 1. The van der Waals surface area contributed by atoms with E-state index in [9.17, 15) is 14.4 Å². The van der Waals surface area contributed by atoms with Crippen LogP contribution in [0.5, 0.6) is 0 Å². The summed E-state index contributed by atoms with van der Waals surface area (Å²) >= 11 is 7.28. The van der Waals surface area contributed by atoms with Crippen molar-refractivity contribution < 1.29 is 4.79 Å². The molecule has 1 amide bonds. The Morgan fingerprint density at radius 3 is 2.52 bits per heavy atom. The average molecular weight is 608 g/mol. The molecule has 1 unspecified atom stereocenters. The first-order valence-corrected chi connectivity index (χ1v) is 15.4. The van der Waals surface area contributed by atoms with Gasteiger partial charge in [0.25, 0.3) is 17.0 Å². The number of nitrogens with one attached hydrogen (secondary N) is 2. The number of anilines is 2. The minimum absolute atomic E-state index is 0.00884. The summed E-state index contributed by atoms with van der Waals surface area (Å²) in [6.07, 6.45) is 5.28. The third-order valence-corrected chi connectivity index (χ3v) is 8.42. The number of hydrogen-bond donors (Lipinski definition) is 2. The first-order valence-electron chi connectivity index (χ1n) is 13.8. The van der Waals surface area contributed by atoms with Gasteiger partial charge in [0.1, 0.15) is 5.15 Å². The lowest BCUT2D eigenvalue weighted by Gasteiger charge is -2.34. The molecule has 1 aliphatic heterocycles. The van der Waals surface area contributed by atoms with E-state index in [1.165, 1.54) is 11.9 Å². The fourth-order valence-electron chi connectivity index (χ4n) is 5.56. The molecule has 1 atom stereocenters. The van der Waals surface area contributed by atoms with Gasteiger partial charge in [-0.05, 0) is 68.0 Å². The number of amides is 1. The molecule has 0 radical (unpaired) electrons. The molecule has 4 heterocycles. The third kappa shape index (κ3) is 5.89. The lowest BCUT2D eigenvalue weighted by molar-refractivity contribution is 0.0980. The molecule has 1 aromatic carbocycles. The van der Waals surface area contributed by atoms with E-state index in [1.807, 2.05) is 38.2 Å². The summed E-state index contributed by atoms with van der Waals surface area (Å²) in [4.78, 5) is 49.9. The topological polar surface area (TPSA) is 114 Å². The fourth-order valence-corrected chi connectivity index (χ4v) is 5.99. The standard InChI is InChI=1S/C30H34ClN7O3S/c1-17-14-21(18(2)32-23-6-7-24(31)33-27(23)28(40)35-42-5)26-22(15-17)29(41)37(4)30(34-26)38-12-9-19(10-13-38)20-8-11-36(3)25(39)16-20/h6-8,11,14-16,18-19,32H,9-10,12-13H2,1-5H3,(H,35,40). The van der Waals surface area contributed by atoms with Crippen LogP contribution in [-0.4, -0.2) is 44.4 Å². The van der Waals surface area contributed by atoms with Gasteiger partial charge in [0, 0.05) is 51.3 Å². The van der Waals surface area contributed by atoms with Gasteiger partial charge >= 0.3 is 0 Å². The summed E-state index contributed by atoms with van der Waals surface area (Å²) in [5, 5.41) is 4.15. The van der Waals surface area contributed by atoms with Crippen LogP contribution < -0.4 is 26.1 Å². The number of pyridine rings is 2. The molecule has 0 aliphatic carbocycles. The van der Waals surface area contributed by atoms with E-state index in [-0.39, 0.29) is 39.8 Å². The minimum Gasteiger partial charge on any atom is -0.377 e. The zero-order valence-electron chi connectivity index (χ0n) is 24.3. The van der Waals surface area contributed by atoms with E-state index in [1.54, 1.807) is 47.7 Å². The van der Waals surface area contributed by atoms with Crippen molar-refractivity contribution >= 4 is 52.0 Å². The first kappa shape index (κ1) is 29.7. The Morgan fingerprint density at radius 2 is 1.83 bits per heavy atom. The Bertz CT molecular complexity index is 1780. The summed E-state index contributed by atoms with van der Waals surface area (Å²) in [7, 11) is 3.51. The van der Waals surface area contributed by atoms with Crippen molar-refractivity contribution in [3.63, 3.8) is 0 Å². The van der Waals surface area contributed by atoms with Crippen LogP contribution in [0.25, 0.3) is 10.9 Å². The van der Waals surface area contributed by atoms with Crippen LogP contribution in [0.1, 0.15) is 58.9 Å². The van der Waals surface area contributed by atoms with Crippen LogP contribution in [0, 0.1) is 6.92 Å².